The smallest absolute Gasteiger partial charge is 0.576 e. The first-order valence-electron chi connectivity index (χ1n) is 39.0. The molecule has 0 fully saturated rings. The summed E-state index contributed by atoms with van der Waals surface area (Å²) in [6.07, 6.45) is 5.24. The Bertz CT molecular complexity index is 5900. The van der Waals surface area contributed by atoms with Crippen molar-refractivity contribution < 1.29 is 25.2 Å². The van der Waals surface area contributed by atoms with E-state index in [0.717, 1.165) is 88.1 Å². The highest BCUT2D eigenvalue weighted by Crippen LogP contribution is 2.49. The molecule has 0 bridgehead atoms. The second-order valence-electron chi connectivity index (χ2n) is 27.3. The maximum absolute atomic E-state index is 15.2. The zero-order valence-corrected chi connectivity index (χ0v) is 67.7. The highest BCUT2D eigenvalue weighted by molar-refractivity contribution is 7.86. The summed E-state index contributed by atoms with van der Waals surface area (Å²) in [5.74, 6) is 2.75. The molecule has 0 N–H and O–H groups in total. The average molecular weight is 1580 g/mol. The van der Waals surface area contributed by atoms with Crippen LogP contribution in [0, 0.1) is 13.8 Å². The minimum absolute atomic E-state index is 0.417. The number of hydrogen-bond acceptors (Lipinski definition) is 11. The van der Waals surface area contributed by atoms with E-state index >= 15 is 9.13 Å². The van der Waals surface area contributed by atoms with Crippen molar-refractivity contribution in [3.8, 4) is 39.9 Å². The molecule has 1 unspecified atom stereocenters. The van der Waals surface area contributed by atoms with Crippen LogP contribution in [-0.4, -0.2) is 32.7 Å². The highest BCUT2D eigenvalue weighted by Gasteiger charge is 2.46. The van der Waals surface area contributed by atoms with Gasteiger partial charge in [0.05, 0.1) is 13.2 Å². The van der Waals surface area contributed by atoms with Gasteiger partial charge < -0.3 is 35.0 Å². The average Bonchev–Trinajstić information content (AvgIpc) is 0.748. The molecule has 3 aromatic heterocycles. The lowest BCUT2D eigenvalue weighted by molar-refractivity contribution is 0.311. The van der Waals surface area contributed by atoms with Crippen LogP contribution in [0.3, 0.4) is 0 Å². The lowest BCUT2D eigenvalue weighted by atomic mass is 10.0. The monoisotopic (exact) mass is 1580 g/mol. The molecule has 0 spiro atoms. The fourth-order valence-electron chi connectivity index (χ4n) is 14.2. The SMILES string of the molecule is Cc1cccc(N(c2ccccc2)c2ccc(-c3ccc(N(c4ccccc4)c4cccc(C)c4)cc3)cc2)c1.O=P(c1ccccc1)(c1ccccc1)c1ccccc1Oc1ccccc1P(=O)(c1ccccc1)c1ccccc1.[2H]P[3H].c1cnc2c([O][Al]([O]c3cccc4cccnc34)[O]c3cccc4cccnc34)cccc2c1. The number of anilines is 6. The van der Waals surface area contributed by atoms with E-state index in [9.17, 15) is 0 Å². The van der Waals surface area contributed by atoms with E-state index in [4.69, 9.17) is 18.7 Å². The van der Waals surface area contributed by atoms with Gasteiger partial charge in [0, 0.05) is 90.1 Å². The zero-order chi connectivity index (χ0) is 80.9. The first-order valence-corrected chi connectivity index (χ1v) is 42.8. The van der Waals surface area contributed by atoms with E-state index in [1.54, 1.807) is 18.6 Å². The fourth-order valence-corrected chi connectivity index (χ4v) is 21.1. The quantitative estimate of drug-likeness (QED) is 0.0506. The lowest BCUT2D eigenvalue weighted by Gasteiger charge is -2.26. The van der Waals surface area contributed by atoms with Gasteiger partial charge in [0.1, 0.15) is 45.3 Å². The number of fused-ring (bicyclic) bond motifs is 3. The van der Waals surface area contributed by atoms with Gasteiger partial charge in [0.2, 0.25) is 0 Å². The highest BCUT2D eigenvalue weighted by atomic mass is 31.2. The van der Waals surface area contributed by atoms with E-state index in [1.807, 2.05) is 261 Å². The standard InChI is InChI=1S/C38H32N2.C36H28O3P2.3C9H7NO.Al.H3P/c1-29-11-9-17-37(27-29)39(33-13-5-3-6-14-33)35-23-19-31(20-24-35)32-21-25-36(26-22-32)40(34-15-7-4-8-16-34)38-18-10-12-30(2)28-38;37-40(29-17-5-1-6-18-29,30-19-7-2-8-20-30)35-27-15-13-25-33(35)39-34-26-14-16-28-36(34)41(38,31-21-9-3-10-22-31)32-23-11-4-12-24-32;3*11-8-5-1-3-7-4-2-6-10-9(7)8;;/h3-28H,1-2H3;1-28H;3*1-6,11H;;1H3/q;;;;;+3;/p-3/i;;;;;;1TD. The summed E-state index contributed by atoms with van der Waals surface area (Å²) in [7, 11) is -7.05. The maximum Gasteiger partial charge on any atom is 1.20 e. The van der Waals surface area contributed by atoms with Crippen molar-refractivity contribution in [2.75, 3.05) is 9.80 Å². The van der Waals surface area contributed by atoms with Gasteiger partial charge in [-0.05, 0) is 170 Å². The van der Waals surface area contributed by atoms with Gasteiger partial charge in [0.15, 0.2) is 14.3 Å². The van der Waals surface area contributed by atoms with Crippen LogP contribution in [-0.2, 0) is 9.13 Å². The second kappa shape index (κ2) is 36.7. The molecule has 0 saturated heterocycles. The Morgan fingerprint density at radius 1 is 0.302 bits per heavy atom. The number of ether oxygens (including phenoxy) is 1. The van der Waals surface area contributed by atoms with Crippen molar-refractivity contribution >= 4 is 138 Å². The van der Waals surface area contributed by atoms with Gasteiger partial charge in [-0.25, -0.2) is 0 Å². The third-order valence-corrected chi connectivity index (χ3v) is 27.2. The Balaban J connectivity index is 0.000000137. The summed E-state index contributed by atoms with van der Waals surface area (Å²) in [6.45, 7) is 4.27. The summed E-state index contributed by atoms with van der Waals surface area (Å²) in [4.78, 5) is 18.1. The van der Waals surface area contributed by atoms with Crippen LogP contribution >= 0.6 is 24.1 Å². The van der Waals surface area contributed by atoms with E-state index in [1.165, 1.54) is 22.3 Å². The van der Waals surface area contributed by atoms with E-state index < -0.39 is 39.2 Å². The lowest BCUT2D eigenvalue weighted by Crippen LogP contribution is -2.37. The van der Waals surface area contributed by atoms with Gasteiger partial charge in [-0.3, -0.25) is 15.0 Å². The van der Waals surface area contributed by atoms with Crippen molar-refractivity contribution in [2.24, 2.45) is 0 Å². The van der Waals surface area contributed by atoms with Crippen LogP contribution in [0.4, 0.5) is 34.1 Å². The van der Waals surface area contributed by atoms with Gasteiger partial charge in [-0.1, -0.05) is 285 Å². The topological polar surface area (TPSA) is 116 Å². The number of pyridine rings is 3. The summed E-state index contributed by atoms with van der Waals surface area (Å²) >= 11 is -2.86. The Kier molecular flexibility index (Phi) is 23.9. The van der Waals surface area contributed by atoms with Crippen LogP contribution in [0.5, 0.6) is 28.7 Å². The number of nitrogens with zero attached hydrogens (tertiary/aromatic N) is 5. The van der Waals surface area contributed by atoms with E-state index in [0.29, 0.717) is 39.4 Å². The van der Waals surface area contributed by atoms with Crippen LogP contribution < -0.4 is 57.7 Å². The van der Waals surface area contributed by atoms with Crippen molar-refractivity contribution in [2.45, 2.75) is 13.8 Å². The Labute approximate surface area is 687 Å². The van der Waals surface area contributed by atoms with Gasteiger partial charge >= 0.3 is 15.1 Å². The molecular formula is C101H81AlN5O6P3. The summed E-state index contributed by atoms with van der Waals surface area (Å²) in [5, 5.41) is 6.97. The molecule has 18 aromatic rings. The Hall–Kier alpha value is -13.2. The molecule has 564 valence electrons. The maximum atomic E-state index is 15.2. The molecule has 0 amide bonds. The Morgan fingerprint density at radius 2 is 0.560 bits per heavy atom. The van der Waals surface area contributed by atoms with Crippen LogP contribution in [0.15, 0.2) is 437 Å². The molecule has 0 aliphatic heterocycles. The predicted octanol–water partition coefficient (Wildman–Crippen LogP) is 23.6. The third kappa shape index (κ3) is 17.4. The Morgan fingerprint density at radius 3 is 0.879 bits per heavy atom. The molecule has 1 atom stereocenters. The number of hydrogen-bond donors (Lipinski definition) is 0. The predicted molar refractivity (Wildman–Crippen MR) is 486 cm³/mol. The molecule has 18 rings (SSSR count). The summed E-state index contributed by atoms with van der Waals surface area (Å²) < 4.78 is 68.1. The largest absolute Gasteiger partial charge is 1.20 e. The van der Waals surface area contributed by atoms with Crippen LogP contribution in [0.25, 0.3) is 43.8 Å². The van der Waals surface area contributed by atoms with Crippen molar-refractivity contribution in [3.05, 3.63) is 448 Å². The first-order chi connectivity index (χ1) is 58.0. The van der Waals surface area contributed by atoms with E-state index in [-0.39, 0.29) is 0 Å². The summed E-state index contributed by atoms with van der Waals surface area (Å²) in [5.41, 5.74) is 14.0. The molecule has 116 heavy (non-hydrogen) atoms. The number of rotatable bonds is 21. The molecule has 0 saturated carbocycles. The molecule has 0 radical (unpaired) electrons. The van der Waals surface area contributed by atoms with E-state index in [2.05, 4.69) is 196 Å². The number of aryl methyl sites for hydroxylation is 2. The van der Waals surface area contributed by atoms with Gasteiger partial charge in [0.25, 0.3) is 0 Å². The van der Waals surface area contributed by atoms with Crippen molar-refractivity contribution in [3.63, 3.8) is 0 Å². The second-order valence-corrected chi connectivity index (χ2v) is 34.1. The van der Waals surface area contributed by atoms with Crippen molar-refractivity contribution in [1.82, 2.24) is 15.0 Å². The number of para-hydroxylation sites is 7. The molecule has 0 aliphatic carbocycles. The summed E-state index contributed by atoms with van der Waals surface area (Å²) in [6, 6.07) is 138. The number of benzene rings is 15. The van der Waals surface area contributed by atoms with Crippen LogP contribution in [0.2, 0.25) is 0 Å². The normalized spacial score (nSPS) is 11.3. The van der Waals surface area contributed by atoms with Crippen LogP contribution in [0.1, 0.15) is 11.1 Å². The number of aromatic nitrogens is 3. The van der Waals surface area contributed by atoms with Gasteiger partial charge in [-0.2, -0.15) is 9.79 Å². The molecule has 0 aliphatic rings. The molecular weight excluding hydrogens is 1500 g/mol. The molecule has 15 aromatic carbocycles. The molecule has 15 heteroatoms. The molecule has 3 heterocycles. The first kappa shape index (κ1) is 75.4. The van der Waals surface area contributed by atoms with Gasteiger partial charge in [-0.15, -0.1) is 0 Å². The fraction of sp³-hybridized carbons (Fsp3) is 0.0198. The minimum Gasteiger partial charge on any atom is -0.576 e. The third-order valence-electron chi connectivity index (χ3n) is 19.7. The minimum atomic E-state index is -3.32. The molecule has 11 nitrogen and oxygen atoms in total. The zero-order valence-electron chi connectivity index (χ0n) is 65.7. The van der Waals surface area contributed by atoms with Crippen molar-refractivity contribution in [1.29, 1.82) is 2.56 Å².